The number of halogens is 2. The molecule has 1 aliphatic heterocycles. The van der Waals surface area contributed by atoms with Gasteiger partial charge in [-0.3, -0.25) is 14.7 Å². The molecule has 3 heterocycles. The number of nitrogens with one attached hydrogen (secondary N) is 2. The van der Waals surface area contributed by atoms with Crippen molar-refractivity contribution in [2.45, 2.75) is 18.9 Å². The Hall–Kier alpha value is -4.12. The molecule has 4 aromatic rings. The van der Waals surface area contributed by atoms with Gasteiger partial charge in [0, 0.05) is 30.6 Å². The summed E-state index contributed by atoms with van der Waals surface area (Å²) in [6, 6.07) is 8.96. The number of H-pyrrole nitrogens is 1. The van der Waals surface area contributed by atoms with E-state index in [1.54, 1.807) is 18.3 Å². The van der Waals surface area contributed by atoms with Crippen LogP contribution in [0.4, 0.5) is 20.2 Å². The lowest BCUT2D eigenvalue weighted by molar-refractivity contribution is 0.102. The first kappa shape index (κ1) is 21.7. The molecule has 0 aliphatic carbocycles. The van der Waals surface area contributed by atoms with Crippen molar-refractivity contribution in [3.8, 4) is 5.69 Å². The van der Waals surface area contributed by atoms with E-state index >= 15 is 0 Å². The highest BCUT2D eigenvalue weighted by Gasteiger charge is 2.24. The standard InChI is InChI=1S/C23H21F2N7O2/c24-15-4-1-5-16(25)22(15)32-20(33)9-8-19(30-32)23(34)28-18-7-6-17-14(11-27-29-17)21(18)31-10-2-3-13(26)12-31/h1,4-9,11,13H,2-3,10,12,26H2,(H,27,29)(H,28,34). The number of rotatable bonds is 4. The second-order valence-corrected chi connectivity index (χ2v) is 8.13. The molecule has 34 heavy (non-hydrogen) atoms. The van der Waals surface area contributed by atoms with Gasteiger partial charge in [-0.25, -0.2) is 8.78 Å². The van der Waals surface area contributed by atoms with Gasteiger partial charge >= 0.3 is 0 Å². The second-order valence-electron chi connectivity index (χ2n) is 8.13. The van der Waals surface area contributed by atoms with E-state index in [9.17, 15) is 18.4 Å². The SMILES string of the molecule is NC1CCCN(c2c(NC(=O)c3ccc(=O)n(-c4c(F)cccc4F)n3)ccc3[nH]ncc23)C1. The van der Waals surface area contributed by atoms with Crippen molar-refractivity contribution in [2.24, 2.45) is 5.73 Å². The second kappa shape index (κ2) is 8.67. The molecule has 1 unspecified atom stereocenters. The number of nitrogens with zero attached hydrogens (tertiary/aromatic N) is 4. The molecule has 2 aromatic carbocycles. The Bertz CT molecular complexity index is 1430. The summed E-state index contributed by atoms with van der Waals surface area (Å²) in [5, 5.41) is 14.6. The number of piperidine rings is 1. The summed E-state index contributed by atoms with van der Waals surface area (Å²) in [6.45, 7) is 1.37. The summed E-state index contributed by atoms with van der Waals surface area (Å²) in [7, 11) is 0. The zero-order chi connectivity index (χ0) is 23.8. The number of nitrogens with two attached hydrogens (primary N) is 1. The summed E-state index contributed by atoms with van der Waals surface area (Å²) in [5.41, 5.74) is 6.64. The first-order chi connectivity index (χ1) is 16.4. The van der Waals surface area contributed by atoms with Crippen molar-refractivity contribution < 1.29 is 13.6 Å². The average Bonchev–Trinajstić information content (AvgIpc) is 3.28. The fourth-order valence-corrected chi connectivity index (χ4v) is 4.23. The predicted octanol–water partition coefficient (Wildman–Crippen LogP) is 2.57. The van der Waals surface area contributed by atoms with Crippen molar-refractivity contribution in [1.82, 2.24) is 20.0 Å². The summed E-state index contributed by atoms with van der Waals surface area (Å²) in [6.07, 6.45) is 3.50. The molecule has 4 N–H and O–H groups in total. The van der Waals surface area contributed by atoms with Gasteiger partial charge in [-0.15, -0.1) is 0 Å². The van der Waals surface area contributed by atoms with Crippen molar-refractivity contribution in [3.05, 3.63) is 76.3 Å². The molecule has 5 rings (SSSR count). The topological polar surface area (TPSA) is 122 Å². The predicted molar refractivity (Wildman–Crippen MR) is 123 cm³/mol. The molecule has 1 atom stereocenters. The van der Waals surface area contributed by atoms with Crippen LogP contribution in [0.25, 0.3) is 16.6 Å². The third-order valence-electron chi connectivity index (χ3n) is 5.80. The maximum atomic E-state index is 14.2. The lowest BCUT2D eigenvalue weighted by atomic mass is 10.0. The molecule has 0 radical (unpaired) electrons. The monoisotopic (exact) mass is 465 g/mol. The Morgan fingerprint density at radius 1 is 1.12 bits per heavy atom. The molecule has 11 heteroatoms. The maximum absolute atomic E-state index is 14.2. The van der Waals surface area contributed by atoms with E-state index in [1.807, 2.05) is 0 Å². The number of aromatic nitrogens is 4. The number of hydrogen-bond donors (Lipinski definition) is 3. The molecule has 0 bridgehead atoms. The number of aromatic amines is 1. The minimum absolute atomic E-state index is 0.000322. The van der Waals surface area contributed by atoms with Crippen LogP contribution in [0.1, 0.15) is 23.3 Å². The molecule has 0 spiro atoms. The van der Waals surface area contributed by atoms with Crippen LogP contribution in [0.5, 0.6) is 0 Å². The summed E-state index contributed by atoms with van der Waals surface area (Å²) in [4.78, 5) is 27.5. The number of carbonyl (C=O) groups excluding carboxylic acids is 1. The first-order valence-electron chi connectivity index (χ1n) is 10.7. The first-order valence-corrected chi connectivity index (χ1v) is 10.7. The van der Waals surface area contributed by atoms with Gasteiger partial charge in [-0.1, -0.05) is 6.07 Å². The highest BCUT2D eigenvalue weighted by molar-refractivity contribution is 6.08. The lowest BCUT2D eigenvalue weighted by Crippen LogP contribution is -2.43. The summed E-state index contributed by atoms with van der Waals surface area (Å²) in [5.74, 6) is -2.58. The van der Waals surface area contributed by atoms with Crippen molar-refractivity contribution in [1.29, 1.82) is 0 Å². The molecule has 1 saturated heterocycles. The van der Waals surface area contributed by atoms with Crippen molar-refractivity contribution in [3.63, 3.8) is 0 Å². The fraction of sp³-hybridized carbons (Fsp3) is 0.217. The van der Waals surface area contributed by atoms with Gasteiger partial charge in [-0.05, 0) is 43.2 Å². The van der Waals surface area contributed by atoms with Crippen LogP contribution in [0.15, 0.2) is 53.5 Å². The number of anilines is 2. The van der Waals surface area contributed by atoms with Crippen LogP contribution in [-0.4, -0.2) is 45.0 Å². The van der Waals surface area contributed by atoms with E-state index in [0.717, 1.165) is 54.2 Å². The van der Waals surface area contributed by atoms with Gasteiger partial charge in [0.1, 0.15) is 11.4 Å². The number of hydrogen-bond acceptors (Lipinski definition) is 6. The molecular weight excluding hydrogens is 444 g/mol. The number of carbonyl (C=O) groups is 1. The smallest absolute Gasteiger partial charge is 0.276 e. The van der Waals surface area contributed by atoms with Gasteiger partial charge in [0.05, 0.1) is 23.1 Å². The Labute approximate surface area is 192 Å². The number of benzene rings is 2. The van der Waals surface area contributed by atoms with E-state index in [0.29, 0.717) is 16.9 Å². The van der Waals surface area contributed by atoms with Crippen LogP contribution in [-0.2, 0) is 0 Å². The van der Waals surface area contributed by atoms with Gasteiger partial charge in [0.2, 0.25) is 0 Å². The summed E-state index contributed by atoms with van der Waals surface area (Å²) >= 11 is 0. The van der Waals surface area contributed by atoms with Gasteiger partial charge in [0.15, 0.2) is 11.6 Å². The molecule has 1 fully saturated rings. The normalized spacial score (nSPS) is 16.1. The minimum Gasteiger partial charge on any atom is -0.368 e. The Morgan fingerprint density at radius 2 is 1.91 bits per heavy atom. The van der Waals surface area contributed by atoms with Gasteiger partial charge in [-0.2, -0.15) is 14.9 Å². The minimum atomic E-state index is -0.971. The summed E-state index contributed by atoms with van der Waals surface area (Å²) < 4.78 is 29.0. The van der Waals surface area contributed by atoms with Crippen LogP contribution < -0.4 is 21.5 Å². The molecule has 9 nitrogen and oxygen atoms in total. The van der Waals surface area contributed by atoms with Crippen LogP contribution >= 0.6 is 0 Å². The quantitative estimate of drug-likeness (QED) is 0.426. The zero-order valence-electron chi connectivity index (χ0n) is 18.0. The van der Waals surface area contributed by atoms with E-state index in [-0.39, 0.29) is 11.7 Å². The van der Waals surface area contributed by atoms with Crippen molar-refractivity contribution >= 4 is 28.2 Å². The molecule has 1 aliphatic rings. The molecule has 174 valence electrons. The van der Waals surface area contributed by atoms with E-state index < -0.39 is 28.8 Å². The Kier molecular flexibility index (Phi) is 5.54. The molecular formula is C23H21F2N7O2. The van der Waals surface area contributed by atoms with Gasteiger partial charge in [0.25, 0.3) is 11.5 Å². The number of amides is 1. The number of fused-ring (bicyclic) bond motifs is 1. The Balaban J connectivity index is 1.53. The third kappa shape index (κ3) is 3.90. The highest BCUT2D eigenvalue weighted by atomic mass is 19.1. The van der Waals surface area contributed by atoms with Gasteiger partial charge < -0.3 is 16.0 Å². The van der Waals surface area contributed by atoms with E-state index in [1.165, 1.54) is 12.1 Å². The van der Waals surface area contributed by atoms with E-state index in [4.69, 9.17) is 5.73 Å². The molecule has 1 amide bonds. The van der Waals surface area contributed by atoms with Crippen LogP contribution in [0.2, 0.25) is 0 Å². The number of para-hydroxylation sites is 1. The maximum Gasteiger partial charge on any atom is 0.276 e. The van der Waals surface area contributed by atoms with E-state index in [2.05, 4.69) is 25.5 Å². The van der Waals surface area contributed by atoms with Crippen LogP contribution in [0, 0.1) is 11.6 Å². The van der Waals surface area contributed by atoms with Crippen molar-refractivity contribution in [2.75, 3.05) is 23.3 Å². The third-order valence-corrected chi connectivity index (χ3v) is 5.80. The largest absolute Gasteiger partial charge is 0.368 e. The molecule has 0 saturated carbocycles. The molecule has 2 aromatic heterocycles. The Morgan fingerprint density at radius 3 is 2.68 bits per heavy atom. The highest BCUT2D eigenvalue weighted by Crippen LogP contribution is 2.35. The zero-order valence-corrected chi connectivity index (χ0v) is 18.0. The van der Waals surface area contributed by atoms with Crippen LogP contribution in [0.3, 0.4) is 0 Å². The average molecular weight is 465 g/mol. The lowest BCUT2D eigenvalue weighted by Gasteiger charge is -2.34. The fourth-order valence-electron chi connectivity index (χ4n) is 4.23.